The highest BCUT2D eigenvalue weighted by Crippen LogP contribution is 2.27. The van der Waals surface area contributed by atoms with Crippen LogP contribution in [-0.2, 0) is 6.42 Å². The van der Waals surface area contributed by atoms with Gasteiger partial charge in [0.15, 0.2) is 0 Å². The summed E-state index contributed by atoms with van der Waals surface area (Å²) in [7, 11) is 0. The molecule has 70 valence electrons. The van der Waals surface area contributed by atoms with Crippen molar-refractivity contribution in [2.45, 2.75) is 12.8 Å². The fourth-order valence-electron chi connectivity index (χ4n) is 1.76. The van der Waals surface area contributed by atoms with Crippen molar-refractivity contribution < 1.29 is 5.11 Å². The van der Waals surface area contributed by atoms with Crippen LogP contribution in [0.2, 0.25) is 0 Å². The van der Waals surface area contributed by atoms with Crippen LogP contribution in [0.5, 0.6) is 5.75 Å². The second-order valence-corrected chi connectivity index (χ2v) is 4.75. The Hall–Kier alpha value is -0.630. The van der Waals surface area contributed by atoms with Crippen molar-refractivity contribution in [1.29, 1.82) is 0 Å². The monoisotopic (exact) mass is 194 g/mol. The van der Waals surface area contributed by atoms with E-state index in [-0.39, 0.29) is 0 Å². The average molecular weight is 194 g/mol. The highest BCUT2D eigenvalue weighted by atomic mass is 32.2. The van der Waals surface area contributed by atoms with E-state index in [4.69, 9.17) is 0 Å². The SMILES string of the molecule is Oc1cccc(CC2CCSC2)c1. The molecule has 2 heteroatoms. The van der Waals surface area contributed by atoms with Gasteiger partial charge in [-0.3, -0.25) is 0 Å². The number of aromatic hydroxyl groups is 1. The lowest BCUT2D eigenvalue weighted by atomic mass is 9.99. The minimum Gasteiger partial charge on any atom is -0.508 e. The first kappa shape index (κ1) is 8.95. The lowest BCUT2D eigenvalue weighted by molar-refractivity contribution is 0.473. The van der Waals surface area contributed by atoms with E-state index < -0.39 is 0 Å². The second-order valence-electron chi connectivity index (χ2n) is 3.60. The van der Waals surface area contributed by atoms with Crippen LogP contribution < -0.4 is 0 Å². The van der Waals surface area contributed by atoms with Crippen LogP contribution in [0.25, 0.3) is 0 Å². The molecule has 2 rings (SSSR count). The Morgan fingerprint density at radius 3 is 3.08 bits per heavy atom. The number of phenols is 1. The van der Waals surface area contributed by atoms with E-state index in [1.165, 1.54) is 23.5 Å². The molecular formula is C11H14OS. The molecule has 0 aromatic heterocycles. The van der Waals surface area contributed by atoms with Gasteiger partial charge in [0.2, 0.25) is 0 Å². The van der Waals surface area contributed by atoms with Crippen LogP contribution in [0.3, 0.4) is 0 Å². The summed E-state index contributed by atoms with van der Waals surface area (Å²) in [5.41, 5.74) is 1.27. The predicted molar refractivity (Wildman–Crippen MR) is 57.2 cm³/mol. The zero-order chi connectivity index (χ0) is 9.10. The van der Waals surface area contributed by atoms with E-state index in [0.717, 1.165) is 12.3 Å². The van der Waals surface area contributed by atoms with Crippen LogP contribution in [0.1, 0.15) is 12.0 Å². The molecule has 1 aliphatic rings. The van der Waals surface area contributed by atoms with Crippen LogP contribution >= 0.6 is 11.8 Å². The molecule has 0 radical (unpaired) electrons. The van der Waals surface area contributed by atoms with Crippen molar-refractivity contribution in [2.24, 2.45) is 5.92 Å². The maximum absolute atomic E-state index is 9.28. The van der Waals surface area contributed by atoms with Gasteiger partial charge >= 0.3 is 0 Å². The third kappa shape index (κ3) is 2.41. The fourth-order valence-corrected chi connectivity index (χ4v) is 3.05. The van der Waals surface area contributed by atoms with Crippen molar-refractivity contribution in [3.05, 3.63) is 29.8 Å². The molecule has 1 saturated heterocycles. The van der Waals surface area contributed by atoms with Crippen molar-refractivity contribution in [3.8, 4) is 5.75 Å². The first-order valence-electron chi connectivity index (χ1n) is 4.70. The van der Waals surface area contributed by atoms with Crippen molar-refractivity contribution >= 4 is 11.8 Å². The molecule has 1 heterocycles. The molecule has 0 amide bonds. The summed E-state index contributed by atoms with van der Waals surface area (Å²) in [5.74, 6) is 3.81. The standard InChI is InChI=1S/C11H14OS/c12-11-3-1-2-9(7-11)6-10-4-5-13-8-10/h1-3,7,10,12H,4-6,8H2. The highest BCUT2D eigenvalue weighted by Gasteiger charge is 2.15. The van der Waals surface area contributed by atoms with Crippen LogP contribution in [0, 0.1) is 5.92 Å². The van der Waals surface area contributed by atoms with Crippen molar-refractivity contribution in [2.75, 3.05) is 11.5 Å². The Labute approximate surface area is 83.2 Å². The lowest BCUT2D eigenvalue weighted by Crippen LogP contribution is -2.01. The minimum absolute atomic E-state index is 0.392. The fraction of sp³-hybridized carbons (Fsp3) is 0.455. The summed E-state index contributed by atoms with van der Waals surface area (Å²) in [6, 6.07) is 7.63. The first-order chi connectivity index (χ1) is 6.34. The topological polar surface area (TPSA) is 20.2 Å². The Kier molecular flexibility index (Phi) is 2.79. The van der Waals surface area contributed by atoms with Crippen LogP contribution in [-0.4, -0.2) is 16.6 Å². The molecule has 1 N–H and O–H groups in total. The maximum Gasteiger partial charge on any atom is 0.115 e. The number of thioether (sulfide) groups is 1. The molecule has 1 unspecified atom stereocenters. The van der Waals surface area contributed by atoms with E-state index in [2.05, 4.69) is 6.07 Å². The molecule has 0 aliphatic carbocycles. The molecule has 1 aromatic carbocycles. The molecule has 13 heavy (non-hydrogen) atoms. The van der Waals surface area contributed by atoms with Gasteiger partial charge in [-0.1, -0.05) is 12.1 Å². The minimum atomic E-state index is 0.392. The normalized spacial score (nSPS) is 22.0. The molecule has 1 nitrogen and oxygen atoms in total. The molecule has 1 aromatic rings. The van der Waals surface area contributed by atoms with Gasteiger partial charge in [0.25, 0.3) is 0 Å². The van der Waals surface area contributed by atoms with Gasteiger partial charge in [-0.2, -0.15) is 11.8 Å². The van der Waals surface area contributed by atoms with Gasteiger partial charge in [0.05, 0.1) is 0 Å². The molecule has 0 spiro atoms. The van der Waals surface area contributed by atoms with Gasteiger partial charge in [0, 0.05) is 0 Å². The zero-order valence-corrected chi connectivity index (χ0v) is 8.39. The van der Waals surface area contributed by atoms with Crippen LogP contribution in [0.4, 0.5) is 0 Å². The molecule has 0 bridgehead atoms. The van der Waals surface area contributed by atoms with Crippen LogP contribution in [0.15, 0.2) is 24.3 Å². The van der Waals surface area contributed by atoms with E-state index in [1.807, 2.05) is 23.9 Å². The molecule has 1 atom stereocenters. The summed E-state index contributed by atoms with van der Waals surface area (Å²) in [6.45, 7) is 0. The predicted octanol–water partition coefficient (Wildman–Crippen LogP) is 2.69. The Bertz CT molecular complexity index is 279. The summed E-state index contributed by atoms with van der Waals surface area (Å²) in [4.78, 5) is 0. The Morgan fingerprint density at radius 1 is 1.46 bits per heavy atom. The number of phenolic OH excluding ortho intramolecular Hbond substituents is 1. The number of hydrogen-bond donors (Lipinski definition) is 1. The second kappa shape index (κ2) is 4.05. The van der Waals surface area contributed by atoms with E-state index >= 15 is 0 Å². The van der Waals surface area contributed by atoms with Gasteiger partial charge in [-0.25, -0.2) is 0 Å². The van der Waals surface area contributed by atoms with Gasteiger partial charge < -0.3 is 5.11 Å². The molecular weight excluding hydrogens is 180 g/mol. The van der Waals surface area contributed by atoms with Gasteiger partial charge in [-0.05, 0) is 48.0 Å². The summed E-state index contributed by atoms with van der Waals surface area (Å²) in [5, 5.41) is 9.28. The third-order valence-corrected chi connectivity index (χ3v) is 3.69. The van der Waals surface area contributed by atoms with Gasteiger partial charge in [0.1, 0.15) is 5.75 Å². The van der Waals surface area contributed by atoms with E-state index in [9.17, 15) is 5.11 Å². The Morgan fingerprint density at radius 2 is 2.38 bits per heavy atom. The third-order valence-electron chi connectivity index (χ3n) is 2.46. The number of benzene rings is 1. The number of rotatable bonds is 2. The first-order valence-corrected chi connectivity index (χ1v) is 5.86. The molecule has 1 aliphatic heterocycles. The summed E-state index contributed by atoms with van der Waals surface area (Å²) >= 11 is 2.04. The average Bonchev–Trinajstić information content (AvgIpc) is 2.57. The number of hydrogen-bond acceptors (Lipinski definition) is 2. The lowest BCUT2D eigenvalue weighted by Gasteiger charge is -2.07. The molecule has 1 fully saturated rings. The summed E-state index contributed by atoms with van der Waals surface area (Å²) < 4.78 is 0. The largest absolute Gasteiger partial charge is 0.508 e. The van der Waals surface area contributed by atoms with Crippen molar-refractivity contribution in [1.82, 2.24) is 0 Å². The molecule has 0 saturated carbocycles. The Balaban J connectivity index is 2.00. The maximum atomic E-state index is 9.28. The summed E-state index contributed by atoms with van der Waals surface area (Å²) in [6.07, 6.45) is 2.46. The van der Waals surface area contributed by atoms with E-state index in [1.54, 1.807) is 6.07 Å². The van der Waals surface area contributed by atoms with Crippen molar-refractivity contribution in [3.63, 3.8) is 0 Å². The van der Waals surface area contributed by atoms with Gasteiger partial charge in [-0.15, -0.1) is 0 Å². The van der Waals surface area contributed by atoms with E-state index in [0.29, 0.717) is 5.75 Å². The smallest absolute Gasteiger partial charge is 0.115 e. The zero-order valence-electron chi connectivity index (χ0n) is 7.57. The highest BCUT2D eigenvalue weighted by molar-refractivity contribution is 7.99. The quantitative estimate of drug-likeness (QED) is 0.781.